The lowest BCUT2D eigenvalue weighted by Gasteiger charge is -2.19. The van der Waals surface area contributed by atoms with E-state index in [9.17, 15) is 0 Å². The second kappa shape index (κ2) is 6.15. The first-order valence-corrected chi connectivity index (χ1v) is 6.89. The lowest BCUT2D eigenvalue weighted by atomic mass is 10.2. The predicted octanol–water partition coefficient (Wildman–Crippen LogP) is 3.82. The molecule has 0 aliphatic carbocycles. The third-order valence-electron chi connectivity index (χ3n) is 2.64. The third kappa shape index (κ3) is 3.53. The smallest absolute Gasteiger partial charge is 0.133 e. The van der Waals surface area contributed by atoms with Gasteiger partial charge in [-0.3, -0.25) is 4.90 Å². The molecule has 0 N–H and O–H groups in total. The van der Waals surface area contributed by atoms with Crippen LogP contribution in [0.1, 0.15) is 17.4 Å². The van der Waals surface area contributed by atoms with Gasteiger partial charge in [0, 0.05) is 29.7 Å². The van der Waals surface area contributed by atoms with Crippen LogP contribution < -0.4 is 0 Å². The number of hydrogen-bond donors (Lipinski definition) is 0. The molecule has 17 heavy (non-hydrogen) atoms. The summed E-state index contributed by atoms with van der Waals surface area (Å²) >= 11 is 7.86. The molecule has 0 aliphatic heterocycles. The minimum Gasteiger partial charge on any atom is -0.294 e. The van der Waals surface area contributed by atoms with Crippen molar-refractivity contribution >= 4 is 22.9 Å². The molecular formula is C13H15ClN2S. The molecular weight excluding hydrogens is 252 g/mol. The Labute approximate surface area is 111 Å². The summed E-state index contributed by atoms with van der Waals surface area (Å²) < 4.78 is 0. The molecule has 2 aromatic rings. The molecule has 2 rings (SSSR count). The lowest BCUT2D eigenvalue weighted by Crippen LogP contribution is -2.22. The Kier molecular flexibility index (Phi) is 4.54. The van der Waals surface area contributed by atoms with Gasteiger partial charge >= 0.3 is 0 Å². The molecule has 4 heteroatoms. The topological polar surface area (TPSA) is 16.1 Å². The molecule has 0 saturated carbocycles. The molecule has 0 spiro atoms. The average molecular weight is 267 g/mol. The van der Waals surface area contributed by atoms with Crippen LogP contribution >= 0.6 is 22.9 Å². The molecule has 0 atom stereocenters. The van der Waals surface area contributed by atoms with E-state index in [4.69, 9.17) is 11.6 Å². The highest BCUT2D eigenvalue weighted by molar-refractivity contribution is 7.09. The molecule has 0 fully saturated rings. The Hall–Kier alpha value is -0.900. The van der Waals surface area contributed by atoms with Crippen LogP contribution in [-0.4, -0.2) is 16.4 Å². The zero-order chi connectivity index (χ0) is 12.1. The number of halogens is 1. The van der Waals surface area contributed by atoms with Gasteiger partial charge in [0.2, 0.25) is 0 Å². The first-order chi connectivity index (χ1) is 8.29. The van der Waals surface area contributed by atoms with Gasteiger partial charge in [0.05, 0.1) is 0 Å². The molecule has 0 saturated heterocycles. The first kappa shape index (κ1) is 12.6. The fraction of sp³-hybridized carbons (Fsp3) is 0.308. The van der Waals surface area contributed by atoms with Gasteiger partial charge in [0.25, 0.3) is 0 Å². The monoisotopic (exact) mass is 266 g/mol. The number of thiophene rings is 1. The minimum absolute atomic E-state index is 0.608. The van der Waals surface area contributed by atoms with Gasteiger partial charge in [-0.05, 0) is 24.1 Å². The van der Waals surface area contributed by atoms with Crippen LogP contribution in [0, 0.1) is 0 Å². The Morgan fingerprint density at radius 1 is 1.29 bits per heavy atom. The number of aromatic nitrogens is 1. The van der Waals surface area contributed by atoms with Crippen LogP contribution in [0.15, 0.2) is 35.8 Å². The van der Waals surface area contributed by atoms with E-state index in [0.29, 0.717) is 5.15 Å². The summed E-state index contributed by atoms with van der Waals surface area (Å²) in [4.78, 5) is 7.84. The highest BCUT2D eigenvalue weighted by atomic mass is 35.5. The number of hydrogen-bond acceptors (Lipinski definition) is 3. The lowest BCUT2D eigenvalue weighted by molar-refractivity contribution is 0.273. The molecule has 0 aromatic carbocycles. The van der Waals surface area contributed by atoms with Gasteiger partial charge in [-0.25, -0.2) is 4.98 Å². The van der Waals surface area contributed by atoms with Gasteiger partial charge < -0.3 is 0 Å². The first-order valence-electron chi connectivity index (χ1n) is 5.63. The molecule has 2 nitrogen and oxygen atoms in total. The van der Waals surface area contributed by atoms with Crippen LogP contribution in [-0.2, 0) is 13.1 Å². The summed E-state index contributed by atoms with van der Waals surface area (Å²) in [6.07, 6.45) is 1.72. The largest absolute Gasteiger partial charge is 0.294 e. The number of rotatable bonds is 5. The van der Waals surface area contributed by atoms with Crippen molar-refractivity contribution in [3.05, 3.63) is 51.4 Å². The molecule has 2 heterocycles. The van der Waals surface area contributed by atoms with Crippen LogP contribution in [0.2, 0.25) is 5.15 Å². The van der Waals surface area contributed by atoms with Crippen molar-refractivity contribution in [1.82, 2.24) is 9.88 Å². The Morgan fingerprint density at radius 2 is 2.18 bits per heavy atom. The summed E-state index contributed by atoms with van der Waals surface area (Å²) in [6.45, 7) is 4.99. The van der Waals surface area contributed by atoms with E-state index in [1.807, 2.05) is 12.1 Å². The van der Waals surface area contributed by atoms with E-state index >= 15 is 0 Å². The van der Waals surface area contributed by atoms with Crippen molar-refractivity contribution in [3.63, 3.8) is 0 Å². The van der Waals surface area contributed by atoms with E-state index in [1.54, 1.807) is 17.5 Å². The van der Waals surface area contributed by atoms with Gasteiger partial charge in [0.15, 0.2) is 0 Å². The SMILES string of the molecule is CCN(Cc1cccs1)Cc1cccnc1Cl. The van der Waals surface area contributed by atoms with Crippen molar-refractivity contribution in [1.29, 1.82) is 0 Å². The fourth-order valence-corrected chi connectivity index (χ4v) is 2.61. The minimum atomic E-state index is 0.608. The number of nitrogens with zero attached hydrogens (tertiary/aromatic N) is 2. The van der Waals surface area contributed by atoms with Gasteiger partial charge in [-0.1, -0.05) is 30.7 Å². The molecule has 0 radical (unpaired) electrons. The van der Waals surface area contributed by atoms with Crippen LogP contribution in [0.25, 0.3) is 0 Å². The van der Waals surface area contributed by atoms with E-state index in [0.717, 1.165) is 25.2 Å². The second-order valence-corrected chi connectivity index (χ2v) is 5.23. The summed E-state index contributed by atoms with van der Waals surface area (Å²) in [5.74, 6) is 0. The van der Waals surface area contributed by atoms with Gasteiger partial charge in [0.1, 0.15) is 5.15 Å². The van der Waals surface area contributed by atoms with Crippen molar-refractivity contribution in [2.45, 2.75) is 20.0 Å². The zero-order valence-corrected chi connectivity index (χ0v) is 11.3. The standard InChI is InChI=1S/C13H15ClN2S/c1-2-16(10-12-6-4-8-17-12)9-11-5-3-7-15-13(11)14/h3-8H,2,9-10H2,1H3. The summed E-state index contributed by atoms with van der Waals surface area (Å²) in [6, 6.07) is 8.22. The summed E-state index contributed by atoms with van der Waals surface area (Å²) in [5, 5.41) is 2.72. The van der Waals surface area contributed by atoms with Gasteiger partial charge in [-0.15, -0.1) is 11.3 Å². The Balaban J connectivity index is 2.03. The van der Waals surface area contributed by atoms with E-state index in [-0.39, 0.29) is 0 Å². The molecule has 0 unspecified atom stereocenters. The zero-order valence-electron chi connectivity index (χ0n) is 9.77. The van der Waals surface area contributed by atoms with Crippen molar-refractivity contribution in [2.24, 2.45) is 0 Å². The van der Waals surface area contributed by atoms with Gasteiger partial charge in [-0.2, -0.15) is 0 Å². The van der Waals surface area contributed by atoms with E-state index in [1.165, 1.54) is 4.88 Å². The molecule has 0 bridgehead atoms. The second-order valence-electron chi connectivity index (χ2n) is 3.84. The normalized spacial score (nSPS) is 11.0. The predicted molar refractivity (Wildman–Crippen MR) is 73.4 cm³/mol. The summed E-state index contributed by atoms with van der Waals surface area (Å²) in [5.41, 5.74) is 1.09. The quantitative estimate of drug-likeness (QED) is 0.765. The maximum atomic E-state index is 6.07. The van der Waals surface area contributed by atoms with Crippen molar-refractivity contribution in [2.75, 3.05) is 6.54 Å². The molecule has 90 valence electrons. The maximum Gasteiger partial charge on any atom is 0.133 e. The molecule has 2 aromatic heterocycles. The fourth-order valence-electron chi connectivity index (χ4n) is 1.68. The van der Waals surface area contributed by atoms with E-state index < -0.39 is 0 Å². The number of pyridine rings is 1. The highest BCUT2D eigenvalue weighted by Crippen LogP contribution is 2.17. The average Bonchev–Trinajstić information content (AvgIpc) is 2.84. The van der Waals surface area contributed by atoms with Crippen molar-refractivity contribution < 1.29 is 0 Å². The van der Waals surface area contributed by atoms with Crippen LogP contribution in [0.4, 0.5) is 0 Å². The van der Waals surface area contributed by atoms with Crippen molar-refractivity contribution in [3.8, 4) is 0 Å². The highest BCUT2D eigenvalue weighted by Gasteiger charge is 2.08. The Bertz CT molecular complexity index is 456. The third-order valence-corrected chi connectivity index (χ3v) is 3.84. The Morgan fingerprint density at radius 3 is 2.82 bits per heavy atom. The maximum absolute atomic E-state index is 6.07. The molecule has 0 aliphatic rings. The van der Waals surface area contributed by atoms with E-state index in [2.05, 4.69) is 34.3 Å². The summed E-state index contributed by atoms with van der Waals surface area (Å²) in [7, 11) is 0. The molecule has 0 amide bonds. The van der Waals surface area contributed by atoms with Crippen LogP contribution in [0.3, 0.4) is 0 Å². The van der Waals surface area contributed by atoms with Crippen LogP contribution in [0.5, 0.6) is 0 Å².